The Hall–Kier alpha value is -5.06. The maximum atomic E-state index is 15.6. The van der Waals surface area contributed by atoms with Gasteiger partial charge in [0.25, 0.3) is 0 Å². The van der Waals surface area contributed by atoms with Crippen molar-refractivity contribution in [1.29, 1.82) is 0 Å². The molecule has 3 aromatic heterocycles. The molecule has 0 unspecified atom stereocenters. The van der Waals surface area contributed by atoms with E-state index in [1.54, 1.807) is 25.4 Å². The van der Waals surface area contributed by atoms with Gasteiger partial charge < -0.3 is 24.4 Å². The van der Waals surface area contributed by atoms with Crippen molar-refractivity contribution in [2.45, 2.75) is 19.4 Å². The normalized spacial score (nSPS) is 18.1. The molecule has 212 valence electrons. The van der Waals surface area contributed by atoms with E-state index in [1.807, 2.05) is 46.8 Å². The Balaban J connectivity index is 1.14. The predicted molar refractivity (Wildman–Crippen MR) is 159 cm³/mol. The summed E-state index contributed by atoms with van der Waals surface area (Å²) in [5.74, 6) is 2.05. The Kier molecular flexibility index (Phi) is 6.22. The summed E-state index contributed by atoms with van der Waals surface area (Å²) in [6.07, 6.45) is 5.54. The number of carbonyl (C=O) groups excluding carboxylic acids is 1. The van der Waals surface area contributed by atoms with Crippen LogP contribution in [0.25, 0.3) is 22.1 Å². The van der Waals surface area contributed by atoms with Gasteiger partial charge in [0.1, 0.15) is 29.2 Å². The van der Waals surface area contributed by atoms with E-state index in [1.165, 1.54) is 12.4 Å². The van der Waals surface area contributed by atoms with Gasteiger partial charge in [-0.3, -0.25) is 4.79 Å². The topological polar surface area (TPSA) is 101 Å². The van der Waals surface area contributed by atoms with Gasteiger partial charge in [-0.15, -0.1) is 0 Å². The Morgan fingerprint density at radius 2 is 1.98 bits per heavy atom. The summed E-state index contributed by atoms with van der Waals surface area (Å²) in [5, 5.41) is 3.12. The highest BCUT2D eigenvalue weighted by molar-refractivity contribution is 5.89. The molecule has 2 aliphatic rings. The number of rotatable bonds is 6. The maximum Gasteiger partial charge on any atom is 0.246 e. The first-order valence-corrected chi connectivity index (χ1v) is 13.8. The molecule has 7 rings (SSSR count). The lowest BCUT2D eigenvalue weighted by Crippen LogP contribution is -2.44. The van der Waals surface area contributed by atoms with Crippen LogP contribution < -0.4 is 15.0 Å². The number of amides is 1. The number of carbonyl (C=O) groups is 1. The van der Waals surface area contributed by atoms with Crippen molar-refractivity contribution in [3.8, 4) is 11.5 Å². The van der Waals surface area contributed by atoms with E-state index in [-0.39, 0.29) is 17.6 Å². The molecule has 2 aromatic carbocycles. The number of halogens is 1. The van der Waals surface area contributed by atoms with Gasteiger partial charge in [0.2, 0.25) is 5.91 Å². The summed E-state index contributed by atoms with van der Waals surface area (Å²) in [5.41, 5.74) is 3.57. The third-order valence-corrected chi connectivity index (χ3v) is 8.17. The fraction of sp³-hybridized carbons (Fsp3) is 0.258. The number of pyridine rings is 1. The van der Waals surface area contributed by atoms with Crippen LogP contribution in [0.3, 0.4) is 0 Å². The molecule has 0 spiro atoms. The number of ether oxygens (including phenoxy) is 1. The van der Waals surface area contributed by atoms with Crippen LogP contribution in [0.2, 0.25) is 0 Å². The zero-order valence-corrected chi connectivity index (χ0v) is 23.3. The predicted octanol–water partition coefficient (Wildman–Crippen LogP) is 5.12. The van der Waals surface area contributed by atoms with Crippen molar-refractivity contribution in [1.82, 2.24) is 29.4 Å². The molecule has 2 aliphatic heterocycles. The lowest BCUT2D eigenvalue weighted by Gasteiger charge is -2.33. The third-order valence-electron chi connectivity index (χ3n) is 8.17. The van der Waals surface area contributed by atoms with Crippen molar-refractivity contribution < 1.29 is 13.9 Å². The highest BCUT2D eigenvalue weighted by Crippen LogP contribution is 2.35. The minimum atomic E-state index is -0.450. The molecule has 11 heteroatoms. The number of fused-ring (bicyclic) bond motifs is 4. The van der Waals surface area contributed by atoms with E-state index in [2.05, 4.69) is 31.7 Å². The van der Waals surface area contributed by atoms with Gasteiger partial charge in [0, 0.05) is 44.4 Å². The van der Waals surface area contributed by atoms with Crippen LogP contribution in [-0.4, -0.2) is 61.0 Å². The fourth-order valence-corrected chi connectivity index (χ4v) is 6.04. The number of imidazole rings is 1. The Bertz CT molecular complexity index is 1870. The Morgan fingerprint density at radius 3 is 2.83 bits per heavy atom. The summed E-state index contributed by atoms with van der Waals surface area (Å²) >= 11 is 0. The molecular weight excluding hydrogens is 535 g/mol. The second kappa shape index (κ2) is 10.1. The molecular formula is C31H29FN8O2. The van der Waals surface area contributed by atoms with Gasteiger partial charge in [-0.1, -0.05) is 6.58 Å². The van der Waals surface area contributed by atoms with Gasteiger partial charge >= 0.3 is 0 Å². The largest absolute Gasteiger partial charge is 0.457 e. The minimum Gasteiger partial charge on any atom is -0.457 e. The molecule has 5 heterocycles. The molecule has 0 saturated carbocycles. The van der Waals surface area contributed by atoms with E-state index in [4.69, 9.17) is 9.72 Å². The highest BCUT2D eigenvalue weighted by atomic mass is 19.1. The maximum absolute atomic E-state index is 15.6. The van der Waals surface area contributed by atoms with E-state index >= 15 is 4.39 Å². The number of benzene rings is 2. The summed E-state index contributed by atoms with van der Waals surface area (Å²) in [7, 11) is 1.93. The third kappa shape index (κ3) is 4.47. The number of nitrogens with zero attached hydrogens (tertiary/aromatic N) is 7. The van der Waals surface area contributed by atoms with Crippen molar-refractivity contribution in [3.63, 3.8) is 0 Å². The molecule has 42 heavy (non-hydrogen) atoms. The lowest BCUT2D eigenvalue weighted by atomic mass is 10.00. The number of likely N-dealkylation sites (tertiary alicyclic amines) is 1. The monoisotopic (exact) mass is 564 g/mol. The van der Waals surface area contributed by atoms with E-state index in [0.29, 0.717) is 46.4 Å². The van der Waals surface area contributed by atoms with Gasteiger partial charge in [0.05, 0.1) is 28.6 Å². The Morgan fingerprint density at radius 1 is 1.10 bits per heavy atom. The number of hydrogen-bond donors (Lipinski definition) is 1. The van der Waals surface area contributed by atoms with Crippen LogP contribution in [0.15, 0.2) is 67.8 Å². The summed E-state index contributed by atoms with van der Waals surface area (Å²) < 4.78 is 23.6. The van der Waals surface area contributed by atoms with Crippen LogP contribution in [0, 0.1) is 18.7 Å². The van der Waals surface area contributed by atoms with Gasteiger partial charge in [-0.2, -0.15) is 0 Å². The van der Waals surface area contributed by atoms with Crippen LogP contribution in [0.1, 0.15) is 12.0 Å². The molecule has 1 N–H and O–H groups in total. The molecule has 0 aliphatic carbocycles. The van der Waals surface area contributed by atoms with Gasteiger partial charge in [-0.05, 0) is 61.7 Å². The zero-order valence-electron chi connectivity index (χ0n) is 23.3. The van der Waals surface area contributed by atoms with E-state index in [0.717, 1.165) is 36.4 Å². The fourth-order valence-electron chi connectivity index (χ4n) is 6.04. The van der Waals surface area contributed by atoms with Crippen molar-refractivity contribution in [3.05, 3.63) is 79.2 Å². The average molecular weight is 565 g/mol. The first-order valence-electron chi connectivity index (χ1n) is 13.8. The second-order valence-corrected chi connectivity index (χ2v) is 10.9. The second-order valence-electron chi connectivity index (χ2n) is 10.9. The van der Waals surface area contributed by atoms with Gasteiger partial charge in [-0.25, -0.2) is 24.3 Å². The van der Waals surface area contributed by atoms with Crippen LogP contribution in [0.5, 0.6) is 11.5 Å². The van der Waals surface area contributed by atoms with Gasteiger partial charge in [0.15, 0.2) is 11.6 Å². The molecule has 5 aromatic rings. The molecule has 0 radical (unpaired) electrons. The number of anilines is 3. The van der Waals surface area contributed by atoms with Crippen molar-refractivity contribution in [2.24, 2.45) is 13.0 Å². The Labute approximate surface area is 241 Å². The molecule has 2 bridgehead atoms. The van der Waals surface area contributed by atoms with Crippen LogP contribution in [-0.2, 0) is 11.8 Å². The smallest absolute Gasteiger partial charge is 0.246 e. The number of nitrogens with one attached hydrogen (secondary N) is 1. The number of piperidine rings is 1. The average Bonchev–Trinajstić information content (AvgIpc) is 3.53. The molecule has 2 atom stereocenters. The first-order chi connectivity index (χ1) is 20.4. The minimum absolute atomic E-state index is 0.0290. The molecule has 1 amide bonds. The quantitative estimate of drug-likeness (QED) is 0.284. The highest BCUT2D eigenvalue weighted by Gasteiger charge is 2.40. The number of aryl methyl sites for hydroxylation is 1. The van der Waals surface area contributed by atoms with Crippen LogP contribution in [0.4, 0.5) is 21.7 Å². The molecule has 10 nitrogen and oxygen atoms in total. The van der Waals surface area contributed by atoms with Crippen molar-refractivity contribution in [2.75, 3.05) is 29.9 Å². The summed E-state index contributed by atoms with van der Waals surface area (Å²) in [6.45, 7) is 7.54. The SMILES string of the molecule is C=CC(=O)N1C[C@@H]2C[C@H]1CN(c1ccc3ncnc(Nc4ccc(Oc5ccc6c(c5)ncn6C)c(C)c4F)c3n1)C2. The van der Waals surface area contributed by atoms with E-state index in [9.17, 15) is 4.79 Å². The number of aromatic nitrogens is 5. The summed E-state index contributed by atoms with van der Waals surface area (Å²) in [4.78, 5) is 34.4. The number of hydrogen-bond acceptors (Lipinski definition) is 8. The standard InChI is InChI=1S/C31H29FN8O2/c1-4-28(41)40-14-19-11-20(40)15-39(13-19)27-10-7-23-30(37-27)31(34-16-33-23)36-22-6-9-26(18(2)29(22)32)42-21-5-8-25-24(12-21)35-17-38(25)3/h4-10,12,16-17,19-20H,1,11,13-15H2,2-3H3,(H,33,34,36)/t19-,20+/m1/s1. The van der Waals surface area contributed by atoms with Crippen molar-refractivity contribution >= 4 is 45.3 Å². The zero-order chi connectivity index (χ0) is 29.0. The molecule has 2 fully saturated rings. The summed E-state index contributed by atoms with van der Waals surface area (Å²) in [6, 6.07) is 12.9. The first kappa shape index (κ1) is 25.9. The molecule has 2 saturated heterocycles. The lowest BCUT2D eigenvalue weighted by molar-refractivity contribution is -0.126. The van der Waals surface area contributed by atoms with E-state index < -0.39 is 5.82 Å². The van der Waals surface area contributed by atoms with Crippen LogP contribution >= 0.6 is 0 Å².